The number of hydrogen-bond acceptors (Lipinski definition) is 3. The maximum Gasteiger partial charge on any atom is 0.222 e. The molecular formula is C19H35N3O2. The van der Waals surface area contributed by atoms with E-state index in [9.17, 15) is 9.59 Å². The van der Waals surface area contributed by atoms with Crippen LogP contribution >= 0.6 is 0 Å². The molecule has 0 spiro atoms. The van der Waals surface area contributed by atoms with Crippen LogP contribution in [-0.2, 0) is 9.59 Å². The summed E-state index contributed by atoms with van der Waals surface area (Å²) in [6.07, 6.45) is 5.49. The number of fused-ring (bicyclic) bond motifs is 2. The number of piperidine rings is 2. The van der Waals surface area contributed by atoms with Gasteiger partial charge in [0.15, 0.2) is 0 Å². The van der Waals surface area contributed by atoms with Gasteiger partial charge in [-0.1, -0.05) is 13.8 Å². The number of rotatable bonds is 7. The predicted molar refractivity (Wildman–Crippen MR) is 96.6 cm³/mol. The zero-order valence-corrected chi connectivity index (χ0v) is 15.9. The minimum atomic E-state index is 0.206. The smallest absolute Gasteiger partial charge is 0.222 e. The molecule has 0 aromatic carbocycles. The van der Waals surface area contributed by atoms with Crippen molar-refractivity contribution in [2.75, 3.05) is 33.7 Å². The molecule has 0 unspecified atom stereocenters. The molecule has 2 saturated heterocycles. The second-order valence-electron chi connectivity index (χ2n) is 8.29. The van der Waals surface area contributed by atoms with Crippen molar-refractivity contribution in [3.63, 3.8) is 0 Å². The van der Waals surface area contributed by atoms with Gasteiger partial charge in [-0.05, 0) is 50.0 Å². The van der Waals surface area contributed by atoms with E-state index in [2.05, 4.69) is 24.1 Å². The standard InChI is InChI=1S/C19H35N3O2/c1-14(2)8-9-19(24)22-12-15-10-16(13-22)17(20-11-15)6-5-7-18(23)21(3)4/h14-17,20H,5-13H2,1-4H3/t15-,16+,17+/m0/s1. The topological polar surface area (TPSA) is 52.7 Å². The van der Waals surface area contributed by atoms with Gasteiger partial charge in [-0.25, -0.2) is 0 Å². The van der Waals surface area contributed by atoms with Gasteiger partial charge in [-0.2, -0.15) is 0 Å². The van der Waals surface area contributed by atoms with E-state index in [1.54, 1.807) is 4.90 Å². The number of nitrogens with one attached hydrogen (secondary N) is 1. The van der Waals surface area contributed by atoms with Crippen molar-refractivity contribution in [1.29, 1.82) is 0 Å². The van der Waals surface area contributed by atoms with Gasteiger partial charge in [-0.15, -0.1) is 0 Å². The molecule has 24 heavy (non-hydrogen) atoms. The molecule has 0 radical (unpaired) electrons. The summed E-state index contributed by atoms with van der Waals surface area (Å²) in [6.45, 7) is 7.18. The highest BCUT2D eigenvalue weighted by Crippen LogP contribution is 2.31. The highest BCUT2D eigenvalue weighted by molar-refractivity contribution is 5.76. The molecule has 5 heteroatoms. The van der Waals surface area contributed by atoms with E-state index < -0.39 is 0 Å². The average Bonchev–Trinajstić information content (AvgIpc) is 2.54. The van der Waals surface area contributed by atoms with Crippen LogP contribution in [0.25, 0.3) is 0 Å². The Kier molecular flexibility index (Phi) is 7.08. The normalized spacial score (nSPS) is 26.5. The first-order valence-electron chi connectivity index (χ1n) is 9.58. The van der Waals surface area contributed by atoms with E-state index in [0.29, 0.717) is 42.5 Å². The van der Waals surface area contributed by atoms with Crippen molar-refractivity contribution < 1.29 is 9.59 Å². The number of amides is 2. The van der Waals surface area contributed by atoms with Crippen LogP contribution in [0.1, 0.15) is 52.4 Å². The molecular weight excluding hydrogens is 302 g/mol. The summed E-state index contributed by atoms with van der Waals surface area (Å²) in [5.41, 5.74) is 0. The lowest BCUT2D eigenvalue weighted by atomic mass is 9.79. The monoisotopic (exact) mass is 337 g/mol. The number of nitrogens with zero attached hydrogens (tertiary/aromatic N) is 2. The fourth-order valence-electron chi connectivity index (χ4n) is 3.98. The Bertz CT molecular complexity index is 436. The first-order chi connectivity index (χ1) is 11.4. The molecule has 2 fully saturated rings. The van der Waals surface area contributed by atoms with Crippen molar-refractivity contribution in [3.05, 3.63) is 0 Å². The zero-order valence-electron chi connectivity index (χ0n) is 15.9. The second kappa shape index (κ2) is 8.84. The van der Waals surface area contributed by atoms with Crippen LogP contribution in [0.5, 0.6) is 0 Å². The first kappa shape index (κ1) is 19.2. The van der Waals surface area contributed by atoms with Gasteiger partial charge >= 0.3 is 0 Å². The van der Waals surface area contributed by atoms with Crippen LogP contribution in [0.4, 0.5) is 0 Å². The van der Waals surface area contributed by atoms with Crippen LogP contribution < -0.4 is 5.32 Å². The molecule has 0 aromatic heterocycles. The van der Waals surface area contributed by atoms with Gasteiger partial charge in [0.2, 0.25) is 11.8 Å². The van der Waals surface area contributed by atoms with Crippen LogP contribution in [0.2, 0.25) is 0 Å². The van der Waals surface area contributed by atoms with E-state index >= 15 is 0 Å². The molecule has 2 heterocycles. The molecule has 2 aliphatic rings. The van der Waals surface area contributed by atoms with Crippen LogP contribution in [0, 0.1) is 17.8 Å². The van der Waals surface area contributed by atoms with Gasteiger partial charge in [-0.3, -0.25) is 9.59 Å². The fourth-order valence-corrected chi connectivity index (χ4v) is 3.98. The fraction of sp³-hybridized carbons (Fsp3) is 0.895. The summed E-state index contributed by atoms with van der Waals surface area (Å²) in [5.74, 6) is 2.28. The molecule has 1 N–H and O–H groups in total. The first-order valence-corrected chi connectivity index (χ1v) is 9.58. The van der Waals surface area contributed by atoms with E-state index in [1.165, 1.54) is 6.42 Å². The van der Waals surface area contributed by atoms with Gasteiger partial charge in [0.05, 0.1) is 0 Å². The Balaban J connectivity index is 1.81. The summed E-state index contributed by atoms with van der Waals surface area (Å²) in [4.78, 5) is 28.0. The quantitative estimate of drug-likeness (QED) is 0.774. The van der Waals surface area contributed by atoms with Crippen molar-refractivity contribution >= 4 is 11.8 Å². The van der Waals surface area contributed by atoms with Gasteiger partial charge in [0, 0.05) is 46.1 Å². The maximum atomic E-state index is 12.5. The van der Waals surface area contributed by atoms with Crippen LogP contribution in [-0.4, -0.2) is 61.4 Å². The third-order valence-corrected chi connectivity index (χ3v) is 5.50. The zero-order chi connectivity index (χ0) is 17.7. The van der Waals surface area contributed by atoms with Crippen molar-refractivity contribution in [2.24, 2.45) is 17.8 Å². The minimum absolute atomic E-state index is 0.206. The van der Waals surface area contributed by atoms with Crippen LogP contribution in [0.15, 0.2) is 0 Å². The Labute approximate surface area is 147 Å². The molecule has 2 rings (SSSR count). The molecule has 2 amide bonds. The summed E-state index contributed by atoms with van der Waals surface area (Å²) >= 11 is 0. The number of carbonyl (C=O) groups is 2. The summed E-state index contributed by atoms with van der Waals surface area (Å²) < 4.78 is 0. The van der Waals surface area contributed by atoms with Gasteiger partial charge in [0.1, 0.15) is 0 Å². The third-order valence-electron chi connectivity index (χ3n) is 5.50. The lowest BCUT2D eigenvalue weighted by Gasteiger charge is -2.46. The molecule has 3 atom stereocenters. The van der Waals surface area contributed by atoms with Crippen LogP contribution in [0.3, 0.4) is 0 Å². The van der Waals surface area contributed by atoms with Gasteiger partial charge in [0.25, 0.3) is 0 Å². The SMILES string of the molecule is CC(C)CCC(=O)N1C[C@@H]2CN[C@H](CCCC(=O)N(C)C)[C@H](C2)C1. The third kappa shape index (κ3) is 5.47. The summed E-state index contributed by atoms with van der Waals surface area (Å²) in [6, 6.07) is 0.455. The van der Waals surface area contributed by atoms with E-state index in [-0.39, 0.29) is 5.91 Å². The Hall–Kier alpha value is -1.10. The van der Waals surface area contributed by atoms with Gasteiger partial charge < -0.3 is 15.1 Å². The second-order valence-corrected chi connectivity index (χ2v) is 8.29. The van der Waals surface area contributed by atoms with E-state index in [1.807, 2.05) is 14.1 Å². The molecule has 0 saturated carbocycles. The lowest BCUT2D eigenvalue weighted by Crippen LogP contribution is -2.57. The number of carbonyl (C=O) groups excluding carboxylic acids is 2. The summed E-state index contributed by atoms with van der Waals surface area (Å²) in [5, 5.41) is 3.67. The van der Waals surface area contributed by atoms with Crippen molar-refractivity contribution in [2.45, 2.75) is 58.4 Å². The highest BCUT2D eigenvalue weighted by atomic mass is 16.2. The predicted octanol–water partition coefficient (Wildman–Crippen LogP) is 2.12. The molecule has 2 aliphatic heterocycles. The Morgan fingerprint density at radius 2 is 1.96 bits per heavy atom. The Morgan fingerprint density at radius 1 is 1.21 bits per heavy atom. The van der Waals surface area contributed by atoms with E-state index in [0.717, 1.165) is 38.9 Å². The molecule has 0 aliphatic carbocycles. The molecule has 0 aromatic rings. The van der Waals surface area contributed by atoms with Crippen molar-refractivity contribution in [1.82, 2.24) is 15.1 Å². The van der Waals surface area contributed by atoms with Crippen molar-refractivity contribution in [3.8, 4) is 0 Å². The average molecular weight is 338 g/mol. The molecule has 2 bridgehead atoms. The van der Waals surface area contributed by atoms with E-state index in [4.69, 9.17) is 0 Å². The lowest BCUT2D eigenvalue weighted by molar-refractivity contribution is -0.135. The maximum absolute atomic E-state index is 12.5. The number of hydrogen-bond donors (Lipinski definition) is 1. The summed E-state index contributed by atoms with van der Waals surface area (Å²) in [7, 11) is 3.63. The Morgan fingerprint density at radius 3 is 2.62 bits per heavy atom. The minimum Gasteiger partial charge on any atom is -0.349 e. The molecule has 5 nitrogen and oxygen atoms in total. The number of likely N-dealkylation sites (tertiary alicyclic amines) is 1. The highest BCUT2D eigenvalue weighted by Gasteiger charge is 2.37. The largest absolute Gasteiger partial charge is 0.349 e. The molecule has 138 valence electrons.